The Kier molecular flexibility index (Phi) is 5.18. The van der Waals surface area contributed by atoms with Crippen LogP contribution in [-0.2, 0) is 9.53 Å². The van der Waals surface area contributed by atoms with Gasteiger partial charge in [-0.1, -0.05) is 0 Å². The van der Waals surface area contributed by atoms with Crippen molar-refractivity contribution in [3.8, 4) is 0 Å². The van der Waals surface area contributed by atoms with Crippen LogP contribution >= 0.6 is 0 Å². The number of amides is 1. The quantitative estimate of drug-likeness (QED) is 0.840. The highest BCUT2D eigenvalue weighted by Gasteiger charge is 2.23. The third-order valence-corrected chi connectivity index (χ3v) is 4.15. The second kappa shape index (κ2) is 7.51. The highest BCUT2D eigenvalue weighted by Crippen LogP contribution is 2.13. The summed E-state index contributed by atoms with van der Waals surface area (Å²) in [5, 5.41) is 11.4. The van der Waals surface area contributed by atoms with E-state index in [0.717, 1.165) is 51.6 Å². The van der Waals surface area contributed by atoms with Gasteiger partial charge in [0.25, 0.3) is 0 Å². The van der Waals surface area contributed by atoms with Gasteiger partial charge in [0.2, 0.25) is 5.91 Å². The lowest BCUT2D eigenvalue weighted by atomic mass is 10.1. The number of rotatable bonds is 3. The van der Waals surface area contributed by atoms with Crippen LogP contribution in [0.5, 0.6) is 0 Å². The average Bonchev–Trinajstić information content (AvgIpc) is 2.83. The van der Waals surface area contributed by atoms with Crippen molar-refractivity contribution in [1.29, 1.82) is 0 Å². The van der Waals surface area contributed by atoms with Gasteiger partial charge in [-0.2, -0.15) is 5.10 Å². The van der Waals surface area contributed by atoms with Crippen molar-refractivity contribution >= 4 is 11.7 Å². The number of morpholine rings is 1. The highest BCUT2D eigenvalue weighted by atomic mass is 16.5. The lowest BCUT2D eigenvalue weighted by molar-refractivity contribution is -0.132. The minimum atomic E-state index is 0.153. The fourth-order valence-corrected chi connectivity index (χ4v) is 2.95. The molecule has 2 fully saturated rings. The minimum absolute atomic E-state index is 0.153. The lowest BCUT2D eigenvalue weighted by Crippen LogP contribution is -2.45. The maximum Gasteiger partial charge on any atom is 0.224 e. The number of hydrogen-bond donors (Lipinski definition) is 1. The first-order valence-electron chi connectivity index (χ1n) is 7.94. The van der Waals surface area contributed by atoms with Gasteiger partial charge in [-0.3, -0.25) is 4.79 Å². The van der Waals surface area contributed by atoms with Gasteiger partial charge in [-0.05, 0) is 18.6 Å². The Balaban J connectivity index is 1.52. The lowest BCUT2D eigenvalue weighted by Gasteiger charge is -2.27. The summed E-state index contributed by atoms with van der Waals surface area (Å²) in [7, 11) is 0. The van der Waals surface area contributed by atoms with Crippen molar-refractivity contribution in [1.82, 2.24) is 20.4 Å². The van der Waals surface area contributed by atoms with Crippen molar-refractivity contribution in [3.63, 3.8) is 0 Å². The van der Waals surface area contributed by atoms with E-state index in [-0.39, 0.29) is 11.9 Å². The summed E-state index contributed by atoms with van der Waals surface area (Å²) in [6, 6.07) is 4.01. The van der Waals surface area contributed by atoms with Crippen LogP contribution in [0.15, 0.2) is 18.3 Å². The van der Waals surface area contributed by atoms with E-state index in [1.807, 2.05) is 17.0 Å². The van der Waals surface area contributed by atoms with Gasteiger partial charge < -0.3 is 19.9 Å². The van der Waals surface area contributed by atoms with E-state index in [4.69, 9.17) is 4.74 Å². The smallest absolute Gasteiger partial charge is 0.224 e. The molecule has 7 nitrogen and oxygen atoms in total. The molecule has 0 spiro atoms. The molecule has 0 aromatic carbocycles. The van der Waals surface area contributed by atoms with E-state index in [1.165, 1.54) is 0 Å². The van der Waals surface area contributed by atoms with Crippen molar-refractivity contribution in [2.75, 3.05) is 50.8 Å². The molecule has 0 saturated carbocycles. The molecule has 1 unspecified atom stereocenters. The number of nitrogens with zero attached hydrogens (tertiary/aromatic N) is 4. The molecule has 1 N–H and O–H groups in total. The van der Waals surface area contributed by atoms with Crippen LogP contribution in [0.4, 0.5) is 5.82 Å². The number of nitrogens with one attached hydrogen (secondary N) is 1. The zero-order valence-electron chi connectivity index (χ0n) is 12.8. The van der Waals surface area contributed by atoms with Gasteiger partial charge in [-0.15, -0.1) is 5.10 Å². The van der Waals surface area contributed by atoms with Gasteiger partial charge in [-0.25, -0.2) is 0 Å². The molecule has 1 aromatic heterocycles. The van der Waals surface area contributed by atoms with E-state index in [1.54, 1.807) is 6.20 Å². The first-order chi connectivity index (χ1) is 10.8. The topological polar surface area (TPSA) is 70.6 Å². The van der Waals surface area contributed by atoms with Crippen LogP contribution in [0.3, 0.4) is 0 Å². The largest absolute Gasteiger partial charge is 0.378 e. The zero-order chi connectivity index (χ0) is 15.2. The van der Waals surface area contributed by atoms with Crippen LogP contribution < -0.4 is 10.2 Å². The molecule has 2 saturated heterocycles. The maximum absolute atomic E-state index is 12.4. The van der Waals surface area contributed by atoms with E-state index in [2.05, 4.69) is 20.4 Å². The first kappa shape index (κ1) is 15.2. The first-order valence-corrected chi connectivity index (χ1v) is 7.94. The molecular weight excluding hydrogens is 282 g/mol. The predicted molar refractivity (Wildman–Crippen MR) is 82.7 cm³/mol. The molecule has 2 aliphatic heterocycles. The maximum atomic E-state index is 12.4. The Morgan fingerprint density at radius 1 is 1.36 bits per heavy atom. The third kappa shape index (κ3) is 3.92. The van der Waals surface area contributed by atoms with E-state index in [0.29, 0.717) is 13.0 Å². The van der Waals surface area contributed by atoms with Crippen molar-refractivity contribution < 1.29 is 9.53 Å². The minimum Gasteiger partial charge on any atom is -0.378 e. The van der Waals surface area contributed by atoms with Crippen LogP contribution in [0.25, 0.3) is 0 Å². The summed E-state index contributed by atoms with van der Waals surface area (Å²) in [6.45, 7) is 5.46. The molecule has 1 aromatic rings. The Morgan fingerprint density at radius 3 is 3.09 bits per heavy atom. The molecule has 1 amide bonds. The normalized spacial score (nSPS) is 23.2. The monoisotopic (exact) mass is 305 g/mol. The molecule has 7 heteroatoms. The number of carbonyl (C=O) groups is 1. The summed E-state index contributed by atoms with van der Waals surface area (Å²) in [5.41, 5.74) is 0. The SMILES string of the molecule is O=C(CC1COCCN1)N1CCCN(c2cccnn2)CC1. The number of hydrogen-bond acceptors (Lipinski definition) is 6. The molecule has 2 aliphatic rings. The molecule has 0 bridgehead atoms. The zero-order valence-corrected chi connectivity index (χ0v) is 12.8. The van der Waals surface area contributed by atoms with Gasteiger partial charge in [0.15, 0.2) is 5.82 Å². The fourth-order valence-electron chi connectivity index (χ4n) is 2.95. The molecule has 120 valence electrons. The molecule has 0 radical (unpaired) electrons. The van der Waals surface area contributed by atoms with Crippen LogP contribution in [0, 0.1) is 0 Å². The number of anilines is 1. The number of ether oxygens (including phenoxy) is 1. The summed E-state index contributed by atoms with van der Waals surface area (Å²) in [4.78, 5) is 16.6. The predicted octanol–water partition coefficient (Wildman–Crippen LogP) is -0.106. The summed E-state index contributed by atoms with van der Waals surface area (Å²) in [6.07, 6.45) is 3.15. The standard InChI is InChI=1S/C15H23N5O2/c21-15(11-13-12-22-10-5-16-13)20-7-2-6-19(8-9-20)14-3-1-4-17-18-14/h1,3-4,13,16H,2,5-12H2. The Labute approximate surface area is 130 Å². The average molecular weight is 305 g/mol. The molecule has 1 atom stereocenters. The van der Waals surface area contributed by atoms with Crippen molar-refractivity contribution in [3.05, 3.63) is 18.3 Å². The molecule has 22 heavy (non-hydrogen) atoms. The summed E-state index contributed by atoms with van der Waals surface area (Å²) < 4.78 is 5.41. The molecular formula is C15H23N5O2. The number of aromatic nitrogens is 2. The van der Waals surface area contributed by atoms with Crippen LogP contribution in [0.1, 0.15) is 12.8 Å². The fraction of sp³-hybridized carbons (Fsp3) is 0.667. The van der Waals surface area contributed by atoms with Crippen LogP contribution in [0.2, 0.25) is 0 Å². The van der Waals surface area contributed by atoms with Gasteiger partial charge in [0.05, 0.1) is 13.2 Å². The van der Waals surface area contributed by atoms with E-state index in [9.17, 15) is 4.79 Å². The third-order valence-electron chi connectivity index (χ3n) is 4.15. The number of carbonyl (C=O) groups excluding carboxylic acids is 1. The van der Waals surface area contributed by atoms with Crippen LogP contribution in [-0.4, -0.2) is 73.0 Å². The highest BCUT2D eigenvalue weighted by molar-refractivity contribution is 5.77. The van der Waals surface area contributed by atoms with Gasteiger partial charge in [0.1, 0.15) is 0 Å². The molecule has 3 rings (SSSR count). The van der Waals surface area contributed by atoms with Crippen molar-refractivity contribution in [2.45, 2.75) is 18.9 Å². The van der Waals surface area contributed by atoms with E-state index < -0.39 is 0 Å². The van der Waals surface area contributed by atoms with Gasteiger partial charge in [0, 0.05) is 51.4 Å². The summed E-state index contributed by atoms with van der Waals surface area (Å²) in [5.74, 6) is 1.10. The van der Waals surface area contributed by atoms with Crippen molar-refractivity contribution in [2.24, 2.45) is 0 Å². The van der Waals surface area contributed by atoms with Gasteiger partial charge >= 0.3 is 0 Å². The second-order valence-corrected chi connectivity index (χ2v) is 5.73. The Hall–Kier alpha value is -1.73. The molecule has 0 aliphatic carbocycles. The second-order valence-electron chi connectivity index (χ2n) is 5.73. The van der Waals surface area contributed by atoms with E-state index >= 15 is 0 Å². The Bertz CT molecular complexity index is 478. The summed E-state index contributed by atoms with van der Waals surface area (Å²) >= 11 is 0. The Morgan fingerprint density at radius 2 is 2.32 bits per heavy atom. The molecule has 3 heterocycles.